The number of piperidine rings is 1. The van der Waals surface area contributed by atoms with E-state index in [1.54, 1.807) is 20.9 Å². The summed E-state index contributed by atoms with van der Waals surface area (Å²) in [7, 11) is 1.59. The lowest BCUT2D eigenvalue weighted by Gasteiger charge is -2.33. The van der Waals surface area contributed by atoms with Gasteiger partial charge in [-0.3, -0.25) is 9.69 Å². The van der Waals surface area contributed by atoms with Gasteiger partial charge in [0.1, 0.15) is 6.04 Å². The first-order valence-electron chi connectivity index (χ1n) is 5.75. The van der Waals surface area contributed by atoms with Crippen LogP contribution in [0.1, 0.15) is 33.1 Å². The summed E-state index contributed by atoms with van der Waals surface area (Å²) in [5, 5.41) is 2.58. The summed E-state index contributed by atoms with van der Waals surface area (Å²) in [4.78, 5) is 24.9. The molecule has 5 heteroatoms. The maximum atomic E-state index is 11.8. The number of rotatable bonds is 2. The molecule has 1 rings (SSSR count). The van der Waals surface area contributed by atoms with Gasteiger partial charge in [0.15, 0.2) is 0 Å². The summed E-state index contributed by atoms with van der Waals surface area (Å²) in [6, 6.07) is -0.370. The topological polar surface area (TPSA) is 58.6 Å². The van der Waals surface area contributed by atoms with Crippen molar-refractivity contribution in [1.82, 2.24) is 10.2 Å². The molecule has 1 aliphatic heterocycles. The summed E-state index contributed by atoms with van der Waals surface area (Å²) in [5.41, 5.74) is 0. The maximum absolute atomic E-state index is 11.8. The molecule has 0 aromatic rings. The van der Waals surface area contributed by atoms with E-state index in [-0.39, 0.29) is 24.1 Å². The van der Waals surface area contributed by atoms with Crippen LogP contribution in [0.15, 0.2) is 0 Å². The highest BCUT2D eigenvalue weighted by atomic mass is 16.6. The van der Waals surface area contributed by atoms with Gasteiger partial charge < -0.3 is 10.1 Å². The Morgan fingerprint density at radius 3 is 2.62 bits per heavy atom. The van der Waals surface area contributed by atoms with Crippen LogP contribution in [0.25, 0.3) is 0 Å². The van der Waals surface area contributed by atoms with Crippen molar-refractivity contribution in [1.29, 1.82) is 0 Å². The monoisotopic (exact) mass is 228 g/mol. The molecule has 1 unspecified atom stereocenters. The Labute approximate surface area is 96.1 Å². The van der Waals surface area contributed by atoms with Crippen molar-refractivity contribution in [3.05, 3.63) is 0 Å². The Hall–Kier alpha value is -1.26. The van der Waals surface area contributed by atoms with Gasteiger partial charge in [-0.1, -0.05) is 0 Å². The number of likely N-dealkylation sites (tertiary alicyclic amines) is 1. The summed E-state index contributed by atoms with van der Waals surface area (Å²) in [5.74, 6) is -0.111. The van der Waals surface area contributed by atoms with Crippen molar-refractivity contribution < 1.29 is 14.3 Å². The maximum Gasteiger partial charge on any atom is 0.410 e. The highest BCUT2D eigenvalue weighted by Gasteiger charge is 2.32. The SMILES string of the molecule is CNC(=O)C1CCCCN1C(=O)OC(C)C. The fraction of sp³-hybridized carbons (Fsp3) is 0.818. The number of nitrogens with zero attached hydrogens (tertiary/aromatic N) is 1. The third-order valence-electron chi connectivity index (χ3n) is 2.62. The first kappa shape index (κ1) is 12.8. The van der Waals surface area contributed by atoms with E-state index >= 15 is 0 Å². The van der Waals surface area contributed by atoms with E-state index in [9.17, 15) is 9.59 Å². The van der Waals surface area contributed by atoms with Crippen LogP contribution >= 0.6 is 0 Å². The molecule has 1 saturated heterocycles. The largest absolute Gasteiger partial charge is 0.447 e. The van der Waals surface area contributed by atoms with Gasteiger partial charge in [-0.25, -0.2) is 4.79 Å². The van der Waals surface area contributed by atoms with Gasteiger partial charge in [0.25, 0.3) is 0 Å². The van der Waals surface area contributed by atoms with Crippen LogP contribution in [0, 0.1) is 0 Å². The standard InChI is InChI=1S/C11H20N2O3/c1-8(2)16-11(15)13-7-5-4-6-9(13)10(14)12-3/h8-9H,4-7H2,1-3H3,(H,12,14). The molecule has 1 aliphatic rings. The van der Waals surface area contributed by atoms with Crippen LogP contribution in [0.4, 0.5) is 4.79 Å². The lowest BCUT2D eigenvalue weighted by Crippen LogP contribution is -2.51. The number of hydrogen-bond acceptors (Lipinski definition) is 3. The summed E-state index contributed by atoms with van der Waals surface area (Å²) >= 11 is 0. The third-order valence-corrected chi connectivity index (χ3v) is 2.62. The van der Waals surface area contributed by atoms with Crippen molar-refractivity contribution in [2.75, 3.05) is 13.6 Å². The molecule has 1 atom stereocenters. The summed E-state index contributed by atoms with van der Waals surface area (Å²) in [6.45, 7) is 4.21. The predicted molar refractivity (Wildman–Crippen MR) is 60.0 cm³/mol. The van der Waals surface area contributed by atoms with Crippen LogP contribution in [0.2, 0.25) is 0 Å². The summed E-state index contributed by atoms with van der Waals surface area (Å²) in [6.07, 6.45) is 2.08. The first-order chi connectivity index (χ1) is 7.56. The number of hydrogen-bond donors (Lipinski definition) is 1. The average molecular weight is 228 g/mol. The highest BCUT2D eigenvalue weighted by molar-refractivity contribution is 5.85. The fourth-order valence-electron chi connectivity index (χ4n) is 1.86. The molecule has 0 aromatic carbocycles. The van der Waals surface area contributed by atoms with Gasteiger partial charge >= 0.3 is 6.09 Å². The van der Waals surface area contributed by atoms with Crippen LogP contribution in [0.3, 0.4) is 0 Å². The van der Waals surface area contributed by atoms with E-state index in [4.69, 9.17) is 4.74 Å². The number of amides is 2. The van der Waals surface area contributed by atoms with Crippen molar-refractivity contribution in [3.8, 4) is 0 Å². The smallest absolute Gasteiger partial charge is 0.410 e. The Bertz CT molecular complexity index is 266. The zero-order valence-corrected chi connectivity index (χ0v) is 10.2. The van der Waals surface area contributed by atoms with E-state index in [2.05, 4.69) is 5.32 Å². The van der Waals surface area contributed by atoms with E-state index in [1.165, 1.54) is 4.90 Å². The molecular formula is C11H20N2O3. The molecule has 1 heterocycles. The second-order valence-corrected chi connectivity index (χ2v) is 4.25. The van der Waals surface area contributed by atoms with Crippen molar-refractivity contribution in [2.24, 2.45) is 0 Å². The number of ether oxygens (including phenoxy) is 1. The van der Waals surface area contributed by atoms with Gasteiger partial charge in [-0.05, 0) is 33.1 Å². The zero-order valence-electron chi connectivity index (χ0n) is 10.2. The normalized spacial score (nSPS) is 20.8. The Morgan fingerprint density at radius 1 is 1.38 bits per heavy atom. The number of likely N-dealkylation sites (N-methyl/N-ethyl adjacent to an activating group) is 1. The number of nitrogens with one attached hydrogen (secondary N) is 1. The Kier molecular flexibility index (Phi) is 4.58. The Balaban J connectivity index is 2.66. The van der Waals surface area contributed by atoms with Gasteiger partial charge in [0, 0.05) is 13.6 Å². The average Bonchev–Trinajstić information content (AvgIpc) is 2.27. The van der Waals surface area contributed by atoms with Crippen molar-refractivity contribution in [3.63, 3.8) is 0 Å². The van der Waals surface area contributed by atoms with E-state index in [0.717, 1.165) is 12.8 Å². The molecule has 1 N–H and O–H groups in total. The third kappa shape index (κ3) is 3.12. The number of carbonyl (C=O) groups excluding carboxylic acids is 2. The zero-order chi connectivity index (χ0) is 12.1. The van der Waals surface area contributed by atoms with Crippen molar-refractivity contribution >= 4 is 12.0 Å². The van der Waals surface area contributed by atoms with Gasteiger partial charge in [0.05, 0.1) is 6.10 Å². The molecule has 16 heavy (non-hydrogen) atoms. The molecule has 2 amide bonds. The van der Waals surface area contributed by atoms with Crippen LogP contribution < -0.4 is 5.32 Å². The second-order valence-electron chi connectivity index (χ2n) is 4.25. The van der Waals surface area contributed by atoms with E-state index < -0.39 is 0 Å². The van der Waals surface area contributed by atoms with Gasteiger partial charge in [0.2, 0.25) is 5.91 Å². The molecule has 0 saturated carbocycles. The number of carbonyl (C=O) groups is 2. The van der Waals surface area contributed by atoms with Crippen LogP contribution in [0.5, 0.6) is 0 Å². The highest BCUT2D eigenvalue weighted by Crippen LogP contribution is 2.18. The lowest BCUT2D eigenvalue weighted by atomic mass is 10.0. The van der Waals surface area contributed by atoms with Gasteiger partial charge in [-0.15, -0.1) is 0 Å². The van der Waals surface area contributed by atoms with Crippen LogP contribution in [-0.2, 0) is 9.53 Å². The summed E-state index contributed by atoms with van der Waals surface area (Å²) < 4.78 is 5.12. The molecule has 0 spiro atoms. The minimum atomic E-state index is -0.386. The van der Waals surface area contributed by atoms with Gasteiger partial charge in [-0.2, -0.15) is 0 Å². The molecule has 0 radical (unpaired) electrons. The van der Waals surface area contributed by atoms with Crippen molar-refractivity contribution in [2.45, 2.75) is 45.3 Å². The molecule has 1 fully saturated rings. The molecule has 0 aromatic heterocycles. The Morgan fingerprint density at radius 2 is 2.06 bits per heavy atom. The second kappa shape index (κ2) is 5.72. The molecule has 92 valence electrons. The predicted octanol–water partition coefficient (Wildman–Crippen LogP) is 1.13. The quantitative estimate of drug-likeness (QED) is 0.770. The van der Waals surface area contributed by atoms with E-state index in [1.807, 2.05) is 0 Å². The molecule has 5 nitrogen and oxygen atoms in total. The van der Waals surface area contributed by atoms with E-state index in [0.29, 0.717) is 13.0 Å². The van der Waals surface area contributed by atoms with Crippen LogP contribution in [-0.4, -0.2) is 42.6 Å². The molecular weight excluding hydrogens is 208 g/mol. The first-order valence-corrected chi connectivity index (χ1v) is 5.75. The molecule has 0 bridgehead atoms. The minimum absolute atomic E-state index is 0.111. The lowest BCUT2D eigenvalue weighted by molar-refractivity contribution is -0.126. The minimum Gasteiger partial charge on any atom is -0.447 e. The molecule has 0 aliphatic carbocycles. The fourth-order valence-corrected chi connectivity index (χ4v) is 1.86.